The summed E-state index contributed by atoms with van der Waals surface area (Å²) in [5.74, 6) is 1.69. The third-order valence-corrected chi connectivity index (χ3v) is 26.8. The molecule has 0 atom stereocenters. The highest BCUT2D eigenvalue weighted by Gasteiger charge is 2.21. The molecule has 0 aliphatic carbocycles. The molecule has 4 aliphatic heterocycles. The maximum atomic E-state index is 13.2. The molecule has 0 amide bonds. The molecule has 0 unspecified atom stereocenters. The van der Waals surface area contributed by atoms with Crippen LogP contribution in [0.4, 0.5) is 0 Å². The van der Waals surface area contributed by atoms with Crippen molar-refractivity contribution < 1.29 is 9.47 Å². The highest BCUT2D eigenvalue weighted by atomic mass is 35.5. The molecule has 17 aromatic rings. The molecular weight excluding hydrogens is 1690 g/mol. The van der Waals surface area contributed by atoms with E-state index in [0.717, 1.165) is 222 Å². The van der Waals surface area contributed by atoms with Crippen LogP contribution in [0.1, 0.15) is 98.9 Å². The van der Waals surface area contributed by atoms with Gasteiger partial charge < -0.3 is 29.1 Å². The van der Waals surface area contributed by atoms with Crippen molar-refractivity contribution in [1.29, 1.82) is 0 Å². The first-order valence-electron chi connectivity index (χ1n) is 47.5. The second kappa shape index (κ2) is 42.5. The number of hydrogen-bond acceptors (Lipinski definition) is 14. The van der Waals surface area contributed by atoms with Crippen LogP contribution in [0, 0.1) is 27.7 Å². The highest BCUT2D eigenvalue weighted by Crippen LogP contribution is 2.33. The summed E-state index contributed by atoms with van der Waals surface area (Å²) >= 11 is 6.07. The van der Waals surface area contributed by atoms with E-state index in [1.165, 1.54) is 104 Å². The summed E-state index contributed by atoms with van der Waals surface area (Å²) in [6, 6.07) is 75.3. The molecule has 0 saturated carbocycles. The van der Waals surface area contributed by atoms with Crippen molar-refractivity contribution in [1.82, 2.24) is 77.0 Å². The Labute approximate surface area is 786 Å². The zero-order valence-corrected chi connectivity index (χ0v) is 78.1. The van der Waals surface area contributed by atoms with Crippen molar-refractivity contribution in [2.24, 2.45) is 0 Å². The van der Waals surface area contributed by atoms with Crippen molar-refractivity contribution in [3.05, 3.63) is 354 Å². The first-order chi connectivity index (χ1) is 65.5. The second-order valence-electron chi connectivity index (χ2n) is 35.8. The fourth-order valence-corrected chi connectivity index (χ4v) is 19.3. The number of benzene rings is 9. The number of ether oxygens (including phenoxy) is 2. The van der Waals surface area contributed by atoms with Gasteiger partial charge in [-0.05, 0) is 344 Å². The minimum absolute atomic E-state index is 0.0310. The van der Waals surface area contributed by atoms with E-state index < -0.39 is 0 Å². The summed E-state index contributed by atoms with van der Waals surface area (Å²) in [6.45, 7) is 28.8. The Kier molecular flexibility index (Phi) is 28.8. The number of hydrogen-bond donors (Lipinski definition) is 0. The fourth-order valence-electron chi connectivity index (χ4n) is 19.0. The van der Waals surface area contributed by atoms with Gasteiger partial charge in [0.15, 0.2) is 0 Å². The molecule has 23 heteroatoms. The lowest BCUT2D eigenvalue weighted by Crippen LogP contribution is -2.24. The van der Waals surface area contributed by atoms with Crippen LogP contribution in [0.2, 0.25) is 5.02 Å². The predicted octanol–water partition coefficient (Wildman–Crippen LogP) is 20.4. The number of pyridine rings is 4. The number of aromatic nitrogens is 12. The third-order valence-electron chi connectivity index (χ3n) is 26.6. The average Bonchev–Trinajstić information content (AvgIpc) is 1.56. The molecule has 0 radical (unpaired) electrons. The number of unbranched alkanes of at least 4 members (excludes halogenated alkanes) is 1. The first kappa shape index (κ1) is 90.9. The lowest BCUT2D eigenvalue weighted by molar-refractivity contribution is 0.306. The van der Waals surface area contributed by atoms with E-state index in [1.54, 1.807) is 42.5 Å². The van der Waals surface area contributed by atoms with Crippen molar-refractivity contribution >= 4 is 55.2 Å². The summed E-state index contributed by atoms with van der Waals surface area (Å²) in [5, 5.41) is 23.3. The van der Waals surface area contributed by atoms with Crippen molar-refractivity contribution in [3.63, 3.8) is 0 Å². The van der Waals surface area contributed by atoms with Gasteiger partial charge in [0, 0.05) is 125 Å². The minimum Gasteiger partial charge on any atom is -0.494 e. The van der Waals surface area contributed by atoms with Gasteiger partial charge in [0.05, 0.1) is 79.6 Å². The van der Waals surface area contributed by atoms with Gasteiger partial charge in [-0.3, -0.25) is 56.2 Å². The quantitative estimate of drug-likeness (QED) is 0.0442. The Morgan fingerprint density at radius 2 is 0.619 bits per heavy atom. The van der Waals surface area contributed by atoms with Crippen LogP contribution in [-0.4, -0.2) is 162 Å². The zero-order valence-electron chi connectivity index (χ0n) is 77.3. The molecule has 134 heavy (non-hydrogen) atoms. The molecule has 4 aliphatic rings. The molecule has 9 aromatic carbocycles. The van der Waals surface area contributed by atoms with Crippen LogP contribution in [0.25, 0.3) is 111 Å². The number of nitrogens with zero attached hydrogens (tertiary/aromatic N) is 16. The average molecular weight is 1810 g/mol. The number of halogens is 1. The molecule has 0 N–H and O–H groups in total. The van der Waals surface area contributed by atoms with Gasteiger partial charge in [0.2, 0.25) is 0 Å². The third kappa shape index (κ3) is 21.7. The summed E-state index contributed by atoms with van der Waals surface area (Å²) in [4.78, 5) is 62.0. The number of likely N-dealkylation sites (tertiary alicyclic amines) is 4. The van der Waals surface area contributed by atoms with Gasteiger partial charge in [-0.1, -0.05) is 97.7 Å². The first-order valence-corrected chi connectivity index (χ1v) is 47.9. The largest absolute Gasteiger partial charge is 0.494 e. The molecule has 0 spiro atoms. The Morgan fingerprint density at radius 1 is 0.306 bits per heavy atom. The van der Waals surface area contributed by atoms with Gasteiger partial charge in [0.1, 0.15) is 18.1 Å². The van der Waals surface area contributed by atoms with Crippen LogP contribution < -0.4 is 31.7 Å². The summed E-state index contributed by atoms with van der Waals surface area (Å²) in [6.07, 6.45) is 27.6. The predicted molar refractivity (Wildman–Crippen MR) is 541 cm³/mol. The molecule has 21 rings (SSSR count). The van der Waals surface area contributed by atoms with E-state index in [-0.39, 0.29) is 22.2 Å². The fraction of sp³-hybridized carbons (Fsp3) is 0.297. The maximum Gasteiger partial charge on any atom is 0.255 e. The van der Waals surface area contributed by atoms with Crippen molar-refractivity contribution in [2.45, 2.75) is 132 Å². The second-order valence-corrected chi connectivity index (χ2v) is 36.3. The van der Waals surface area contributed by atoms with Crippen LogP contribution in [0.15, 0.2) is 299 Å². The summed E-state index contributed by atoms with van der Waals surface area (Å²) in [7, 11) is 0. The van der Waals surface area contributed by atoms with Gasteiger partial charge in [-0.25, -0.2) is 0 Å². The van der Waals surface area contributed by atoms with Gasteiger partial charge in [0.25, 0.3) is 22.2 Å². The Balaban J connectivity index is 0.000000120. The van der Waals surface area contributed by atoms with E-state index in [1.807, 2.05) is 221 Å². The van der Waals surface area contributed by atoms with Crippen molar-refractivity contribution in [3.8, 4) is 78.8 Å². The van der Waals surface area contributed by atoms with Crippen LogP contribution in [0.3, 0.4) is 0 Å². The van der Waals surface area contributed by atoms with E-state index in [0.29, 0.717) is 11.6 Å². The molecular formula is C111H117ClN16O6. The maximum absolute atomic E-state index is 13.2. The number of fused-ring (bicyclic) bond motifs is 4. The van der Waals surface area contributed by atoms with Crippen LogP contribution >= 0.6 is 11.6 Å². The van der Waals surface area contributed by atoms with Gasteiger partial charge in [-0.2, -0.15) is 20.4 Å². The van der Waals surface area contributed by atoms with Crippen molar-refractivity contribution in [2.75, 3.05) is 85.1 Å². The summed E-state index contributed by atoms with van der Waals surface area (Å²) < 4.78 is 26.8. The van der Waals surface area contributed by atoms with Gasteiger partial charge >= 0.3 is 0 Å². The van der Waals surface area contributed by atoms with Gasteiger partial charge in [-0.15, -0.1) is 0 Å². The lowest BCUT2D eigenvalue weighted by atomic mass is 10.0. The van der Waals surface area contributed by atoms with Crippen LogP contribution in [-0.2, 0) is 32.8 Å². The minimum atomic E-state index is -0.0629. The zero-order chi connectivity index (χ0) is 92.0. The molecule has 22 nitrogen and oxygen atoms in total. The van der Waals surface area contributed by atoms with E-state index >= 15 is 0 Å². The topological polar surface area (TPSA) is 191 Å². The molecule has 684 valence electrons. The van der Waals surface area contributed by atoms with Crippen LogP contribution in [0.5, 0.6) is 11.5 Å². The Hall–Kier alpha value is -13.6. The Morgan fingerprint density at radius 3 is 0.940 bits per heavy atom. The smallest absolute Gasteiger partial charge is 0.255 e. The summed E-state index contributed by atoms with van der Waals surface area (Å²) in [5.41, 5.74) is 21.0. The lowest BCUT2D eigenvalue weighted by Gasteiger charge is -2.14. The normalized spacial score (nSPS) is 14.2. The highest BCUT2D eigenvalue weighted by molar-refractivity contribution is 6.30. The SMILES string of the molecule is CCCCOc1ccc(-c2ccn(-c3ccc4c(cnn4CCN4CCCC4)c3)c(=O)c2)c(C)c1.Cc1cc(Cl)ccc1-c1ccn(-c2ccc3c(cnn3CCN3CCCC3)c2)c(=O)c1.Cc1cc(OCc2ccccc2)ccc1-c1ccn(-c2ccc3c(cnn3CCN3CCCC3)c2)c(=O)c1.Cc1ccccc1-c1ccn(-c2ccc3c(cnn3CCN3CCCC3)c2)c(=O)c1. The van der Waals surface area contributed by atoms with E-state index in [9.17, 15) is 19.2 Å². The molecule has 12 heterocycles. The molecule has 8 aromatic heterocycles. The van der Waals surface area contributed by atoms with E-state index in [2.05, 4.69) is 128 Å². The molecule has 4 saturated heterocycles. The standard InChI is InChI=1S/C32H32N4O2.C29H34N4O2.C25H25ClN4O.C25H26N4O/c1-24-19-29(38-23-25-7-3-2-4-8-25)10-11-30(24)26-13-16-35(32(37)21-26)28-9-12-31-27(20-28)22-33-36(31)18-17-34-14-5-6-15-34;1-3-4-17-35-26-8-9-27(22(2)18-26)23-11-14-32(29(34)20-23)25-7-10-28-24(19-25)21-30-33(28)16-15-31-12-5-6-13-31;1-18-14-21(26)4-6-23(18)19-8-11-29(25(31)16-19)22-5-7-24-20(15-22)17-27-30(24)13-12-28-9-2-3-10-28;1-19-6-2-3-7-23(19)20-10-13-28(25(30)17-20)22-8-9-24-21(16-22)18-26-29(24)15-14-27-11-4-5-12-27/h2-4,7-13,16,19-22H,5-6,14-15,17-18,23H2,1H3;7-11,14,18-21H,3-6,12-13,15-17H2,1-2H3;4-8,11,14-17H,2-3,9-10,12-13H2,1H3;2-3,6-10,13,16-18H,4-5,11-12,14-15H2,1H3. The van der Waals surface area contributed by atoms with E-state index in [4.69, 9.17) is 21.1 Å². The Bertz CT molecular complexity index is 7240. The number of aryl methyl sites for hydroxylation is 4. The molecule has 4 fully saturated rings. The number of rotatable bonds is 27. The molecule has 0 bridgehead atoms. The monoisotopic (exact) mass is 1800 g/mol.